The van der Waals surface area contributed by atoms with E-state index in [0.29, 0.717) is 0 Å². The van der Waals surface area contributed by atoms with E-state index in [1.54, 1.807) is 0 Å². The second kappa shape index (κ2) is 4.63. The van der Waals surface area contributed by atoms with Crippen molar-refractivity contribution >= 4 is 63.7 Å². The van der Waals surface area contributed by atoms with Crippen molar-refractivity contribution in [1.82, 2.24) is 0 Å². The lowest BCUT2D eigenvalue weighted by Crippen LogP contribution is -2.15. The minimum absolute atomic E-state index is 0.0376. The van der Waals surface area contributed by atoms with Crippen LogP contribution in [-0.4, -0.2) is 13.6 Å². The molecule has 0 aromatic carbocycles. The molecule has 0 aliphatic rings. The van der Waals surface area contributed by atoms with Gasteiger partial charge in [0, 0.05) is 0 Å². The molecule has 0 aliphatic heterocycles. The molecule has 0 heterocycles. The first kappa shape index (κ1) is 9.85. The van der Waals surface area contributed by atoms with E-state index in [4.69, 9.17) is 0 Å². The Bertz CT molecular complexity index is 56.3. The van der Waals surface area contributed by atoms with Crippen molar-refractivity contribution in [3.05, 3.63) is 0 Å². The summed E-state index contributed by atoms with van der Waals surface area (Å²) >= 11 is 12.1. The standard InChI is InChI=1S/C3H3Br4F/c4-1(2(5)6)3(7)8/h1-3H. The van der Waals surface area contributed by atoms with Crippen LogP contribution in [0, 0.1) is 0 Å². The Labute approximate surface area is 81.1 Å². The molecule has 0 aliphatic carbocycles. The molecule has 0 fully saturated rings. The zero-order chi connectivity index (χ0) is 6.73. The first-order valence-electron chi connectivity index (χ1n) is 1.76. The Balaban J connectivity index is 3.46. The molecule has 0 bridgehead atoms. The Kier molecular flexibility index (Phi) is 5.70. The van der Waals surface area contributed by atoms with Crippen LogP contribution in [0.15, 0.2) is 0 Å². The summed E-state index contributed by atoms with van der Waals surface area (Å²) < 4.78 is 12.1. The summed E-state index contributed by atoms with van der Waals surface area (Å²) in [4.78, 5) is -0.234. The highest BCUT2D eigenvalue weighted by Gasteiger charge is 2.20. The Morgan fingerprint density at radius 3 is 1.38 bits per heavy atom. The predicted molar refractivity (Wildman–Crippen MR) is 48.2 cm³/mol. The minimum atomic E-state index is -1.02. The van der Waals surface area contributed by atoms with E-state index in [-0.39, 0.29) is 8.56 Å². The molecule has 0 spiro atoms. The molecule has 0 nitrogen and oxygen atoms in total. The number of hydrogen-bond donors (Lipinski definition) is 0. The first-order chi connectivity index (χ1) is 3.55. The normalized spacial score (nSPS) is 18.8. The molecule has 0 amide bonds. The van der Waals surface area contributed by atoms with Crippen molar-refractivity contribution in [3.8, 4) is 0 Å². The molecule has 2 unspecified atom stereocenters. The van der Waals surface area contributed by atoms with Gasteiger partial charge in [0.1, 0.15) is 0 Å². The smallest absolute Gasteiger partial charge is 0.169 e. The second-order valence-electron chi connectivity index (χ2n) is 1.11. The Hall–Kier alpha value is 1.85. The van der Waals surface area contributed by atoms with Gasteiger partial charge in [-0.2, -0.15) is 0 Å². The molecular formula is C3H3Br4F. The molecule has 50 valence electrons. The van der Waals surface area contributed by atoms with Crippen LogP contribution in [0.3, 0.4) is 0 Å². The van der Waals surface area contributed by atoms with Gasteiger partial charge < -0.3 is 0 Å². The fourth-order valence-electron chi connectivity index (χ4n) is 0.110. The van der Waals surface area contributed by atoms with E-state index in [0.717, 1.165) is 0 Å². The zero-order valence-corrected chi connectivity index (χ0v) is 9.97. The molecule has 0 radical (unpaired) electrons. The molecule has 0 aromatic rings. The fourth-order valence-corrected chi connectivity index (χ4v) is 1.77. The van der Waals surface area contributed by atoms with Crippen LogP contribution in [-0.2, 0) is 0 Å². The van der Waals surface area contributed by atoms with Crippen molar-refractivity contribution in [2.45, 2.75) is 13.6 Å². The molecule has 0 N–H and O–H groups in total. The van der Waals surface area contributed by atoms with E-state index in [1.165, 1.54) is 0 Å². The van der Waals surface area contributed by atoms with Gasteiger partial charge in [-0.05, 0) is 0 Å². The van der Waals surface area contributed by atoms with Gasteiger partial charge >= 0.3 is 0 Å². The van der Waals surface area contributed by atoms with Gasteiger partial charge in [-0.25, -0.2) is 4.39 Å². The van der Waals surface area contributed by atoms with Crippen LogP contribution in [0.1, 0.15) is 0 Å². The van der Waals surface area contributed by atoms with E-state index >= 15 is 0 Å². The van der Waals surface area contributed by atoms with Gasteiger partial charge in [-0.1, -0.05) is 63.7 Å². The van der Waals surface area contributed by atoms with Crippen LogP contribution in [0.4, 0.5) is 4.39 Å². The number of halogens is 5. The average Bonchev–Trinajstić information content (AvgIpc) is 1.64. The van der Waals surface area contributed by atoms with Crippen molar-refractivity contribution in [1.29, 1.82) is 0 Å². The highest BCUT2D eigenvalue weighted by molar-refractivity contribution is 9.25. The van der Waals surface area contributed by atoms with Gasteiger partial charge in [0.25, 0.3) is 0 Å². The molecule has 0 saturated heterocycles. The summed E-state index contributed by atoms with van der Waals surface area (Å²) in [5.41, 5.74) is 0. The quantitative estimate of drug-likeness (QED) is 0.646. The van der Waals surface area contributed by atoms with Crippen molar-refractivity contribution in [2.24, 2.45) is 0 Å². The van der Waals surface area contributed by atoms with Crippen LogP contribution in [0.25, 0.3) is 0 Å². The Morgan fingerprint density at radius 2 is 1.38 bits per heavy atom. The van der Waals surface area contributed by atoms with Gasteiger partial charge in [-0.3, -0.25) is 0 Å². The highest BCUT2D eigenvalue weighted by atomic mass is 79.9. The first-order valence-corrected chi connectivity index (χ1v) is 5.42. The molecule has 2 atom stereocenters. The lowest BCUT2D eigenvalue weighted by molar-refractivity contribution is 0.463. The third-order valence-electron chi connectivity index (χ3n) is 0.481. The molecule has 0 saturated carbocycles. The number of hydrogen-bond acceptors (Lipinski definition) is 0. The molecule has 5 heteroatoms. The maximum absolute atomic E-state index is 12.2. The minimum Gasteiger partial charge on any atom is -0.234 e. The van der Waals surface area contributed by atoms with Crippen molar-refractivity contribution in [3.63, 3.8) is 0 Å². The van der Waals surface area contributed by atoms with E-state index < -0.39 is 5.08 Å². The topological polar surface area (TPSA) is 0 Å². The molecular weight excluding hydrogens is 375 g/mol. The van der Waals surface area contributed by atoms with Gasteiger partial charge in [0.05, 0.1) is 8.56 Å². The summed E-state index contributed by atoms with van der Waals surface area (Å²) in [5, 5.41) is -1.02. The van der Waals surface area contributed by atoms with Crippen LogP contribution >= 0.6 is 63.7 Å². The summed E-state index contributed by atoms with van der Waals surface area (Å²) in [5.74, 6) is 0. The fraction of sp³-hybridized carbons (Fsp3) is 1.00. The Morgan fingerprint density at radius 1 is 1.00 bits per heavy atom. The van der Waals surface area contributed by atoms with Crippen molar-refractivity contribution < 1.29 is 4.39 Å². The average molecular weight is 378 g/mol. The summed E-state index contributed by atoms with van der Waals surface area (Å²) in [6.07, 6.45) is 0. The third kappa shape index (κ3) is 3.80. The summed E-state index contributed by atoms with van der Waals surface area (Å²) in [7, 11) is 0. The summed E-state index contributed by atoms with van der Waals surface area (Å²) in [6.45, 7) is 0. The lowest BCUT2D eigenvalue weighted by atomic mass is 10.5. The zero-order valence-electron chi connectivity index (χ0n) is 3.62. The molecule has 0 aromatic heterocycles. The maximum Gasteiger partial charge on any atom is 0.169 e. The highest BCUT2D eigenvalue weighted by Crippen LogP contribution is 2.27. The van der Waals surface area contributed by atoms with Gasteiger partial charge in [0.2, 0.25) is 0 Å². The predicted octanol–water partition coefficient (Wildman–Crippen LogP) is 3.56. The van der Waals surface area contributed by atoms with Crippen molar-refractivity contribution in [2.75, 3.05) is 0 Å². The number of rotatable bonds is 2. The van der Waals surface area contributed by atoms with Gasteiger partial charge in [0.15, 0.2) is 5.08 Å². The third-order valence-corrected chi connectivity index (χ3v) is 5.31. The van der Waals surface area contributed by atoms with E-state index in [1.807, 2.05) is 0 Å². The SMILES string of the molecule is FC(Br)C(Br)C(Br)Br. The lowest BCUT2D eigenvalue weighted by Gasteiger charge is -2.09. The van der Waals surface area contributed by atoms with Crippen LogP contribution in [0.2, 0.25) is 0 Å². The molecule has 8 heavy (non-hydrogen) atoms. The monoisotopic (exact) mass is 374 g/mol. The largest absolute Gasteiger partial charge is 0.234 e. The number of alkyl halides is 5. The van der Waals surface area contributed by atoms with Gasteiger partial charge in [-0.15, -0.1) is 0 Å². The van der Waals surface area contributed by atoms with E-state index in [9.17, 15) is 4.39 Å². The second-order valence-corrected chi connectivity index (χ2v) is 6.25. The van der Waals surface area contributed by atoms with E-state index in [2.05, 4.69) is 63.7 Å². The molecule has 0 rings (SSSR count). The van der Waals surface area contributed by atoms with Crippen LogP contribution in [0.5, 0.6) is 0 Å². The summed E-state index contributed by atoms with van der Waals surface area (Å²) in [6, 6.07) is 0. The maximum atomic E-state index is 12.2. The van der Waals surface area contributed by atoms with Crippen LogP contribution < -0.4 is 0 Å².